The Morgan fingerprint density at radius 3 is 3.00 bits per heavy atom. The van der Waals surface area contributed by atoms with Gasteiger partial charge in [0.2, 0.25) is 5.91 Å². The zero-order chi connectivity index (χ0) is 13.0. The normalized spacial score (nSPS) is 12.3. The highest BCUT2D eigenvalue weighted by molar-refractivity contribution is 5.92. The quantitative estimate of drug-likeness (QED) is 0.742. The molecule has 0 saturated heterocycles. The van der Waals surface area contributed by atoms with Crippen LogP contribution in [0, 0.1) is 0 Å². The second-order valence-corrected chi connectivity index (χ2v) is 4.18. The van der Waals surface area contributed by atoms with Crippen molar-refractivity contribution in [2.75, 3.05) is 0 Å². The molecule has 0 radical (unpaired) electrons. The van der Waals surface area contributed by atoms with Crippen LogP contribution in [0.4, 0.5) is 0 Å². The average molecular weight is 244 g/mol. The fourth-order valence-corrected chi connectivity index (χ4v) is 1.72. The van der Waals surface area contributed by atoms with Crippen LogP contribution in [0.15, 0.2) is 36.5 Å². The predicted octanol–water partition coefficient (Wildman–Crippen LogP) is 1.36. The van der Waals surface area contributed by atoms with E-state index in [0.717, 1.165) is 11.3 Å². The van der Waals surface area contributed by atoms with Crippen molar-refractivity contribution in [2.24, 2.45) is 5.73 Å². The van der Waals surface area contributed by atoms with Gasteiger partial charge in [0.05, 0.1) is 5.69 Å². The minimum absolute atomic E-state index is 0.171. The molecule has 1 heterocycles. The third kappa shape index (κ3) is 2.95. The van der Waals surface area contributed by atoms with Gasteiger partial charge in [0.25, 0.3) is 0 Å². The van der Waals surface area contributed by atoms with Crippen molar-refractivity contribution in [3.8, 4) is 0 Å². The van der Waals surface area contributed by atoms with Crippen LogP contribution in [-0.4, -0.2) is 16.1 Å². The van der Waals surface area contributed by atoms with E-state index >= 15 is 0 Å². The number of aromatic nitrogens is 2. The summed E-state index contributed by atoms with van der Waals surface area (Å²) in [5.41, 5.74) is 7.83. The molecular formula is C13H16N4O. The lowest BCUT2D eigenvalue weighted by molar-refractivity contribution is 0.1000. The first-order valence-electron chi connectivity index (χ1n) is 5.78. The molecule has 1 atom stereocenters. The van der Waals surface area contributed by atoms with Crippen molar-refractivity contribution >= 4 is 5.91 Å². The molecule has 94 valence electrons. The molecule has 0 spiro atoms. The first-order valence-corrected chi connectivity index (χ1v) is 5.78. The van der Waals surface area contributed by atoms with E-state index in [1.54, 1.807) is 18.3 Å². The lowest BCUT2D eigenvalue weighted by Gasteiger charge is -2.12. The Morgan fingerprint density at radius 2 is 2.33 bits per heavy atom. The topological polar surface area (TPSA) is 83.8 Å². The molecule has 1 aromatic heterocycles. The molecule has 4 N–H and O–H groups in total. The summed E-state index contributed by atoms with van der Waals surface area (Å²) in [6.45, 7) is 2.72. The number of primary amides is 1. The summed E-state index contributed by atoms with van der Waals surface area (Å²) in [4.78, 5) is 11.1. The van der Waals surface area contributed by atoms with E-state index in [0.29, 0.717) is 12.1 Å². The molecule has 5 heteroatoms. The second-order valence-electron chi connectivity index (χ2n) is 4.18. The fraction of sp³-hybridized carbons (Fsp3) is 0.231. The number of nitrogens with two attached hydrogens (primary N) is 1. The Kier molecular flexibility index (Phi) is 3.74. The predicted molar refractivity (Wildman–Crippen MR) is 68.8 cm³/mol. The van der Waals surface area contributed by atoms with Crippen LogP contribution in [0.3, 0.4) is 0 Å². The molecule has 18 heavy (non-hydrogen) atoms. The Balaban J connectivity index is 1.98. The number of nitrogens with one attached hydrogen (secondary N) is 2. The third-order valence-electron chi connectivity index (χ3n) is 2.81. The average Bonchev–Trinajstić information content (AvgIpc) is 2.90. The standard InChI is InChI=1S/C13H16N4O/c1-9(12-5-6-16-17-12)15-8-10-3-2-4-11(7-10)13(14)18/h2-7,9,15H,8H2,1H3,(H2,14,18)(H,16,17). The maximum Gasteiger partial charge on any atom is 0.248 e. The van der Waals surface area contributed by atoms with Gasteiger partial charge >= 0.3 is 0 Å². The van der Waals surface area contributed by atoms with Gasteiger partial charge in [-0.25, -0.2) is 0 Å². The highest BCUT2D eigenvalue weighted by atomic mass is 16.1. The van der Waals surface area contributed by atoms with Gasteiger partial charge in [0, 0.05) is 24.3 Å². The molecule has 0 bridgehead atoms. The first kappa shape index (κ1) is 12.3. The molecule has 1 amide bonds. The fourth-order valence-electron chi connectivity index (χ4n) is 1.72. The minimum atomic E-state index is -0.404. The Labute approximate surface area is 105 Å². The van der Waals surface area contributed by atoms with Crippen molar-refractivity contribution in [2.45, 2.75) is 19.5 Å². The minimum Gasteiger partial charge on any atom is -0.366 e. The van der Waals surface area contributed by atoms with Crippen molar-refractivity contribution in [1.82, 2.24) is 15.5 Å². The van der Waals surface area contributed by atoms with Crippen LogP contribution < -0.4 is 11.1 Å². The molecule has 1 aromatic carbocycles. The summed E-state index contributed by atoms with van der Waals surface area (Å²) in [6, 6.07) is 9.40. The number of nitrogens with zero attached hydrogens (tertiary/aromatic N) is 1. The van der Waals surface area contributed by atoms with E-state index in [1.807, 2.05) is 25.1 Å². The third-order valence-corrected chi connectivity index (χ3v) is 2.81. The van der Waals surface area contributed by atoms with Crippen LogP contribution >= 0.6 is 0 Å². The van der Waals surface area contributed by atoms with Crippen molar-refractivity contribution in [1.29, 1.82) is 0 Å². The largest absolute Gasteiger partial charge is 0.366 e. The smallest absolute Gasteiger partial charge is 0.248 e. The van der Waals surface area contributed by atoms with Crippen molar-refractivity contribution in [3.63, 3.8) is 0 Å². The summed E-state index contributed by atoms with van der Waals surface area (Å²) >= 11 is 0. The summed E-state index contributed by atoms with van der Waals surface area (Å²) < 4.78 is 0. The molecule has 2 aromatic rings. The number of carbonyl (C=O) groups is 1. The lowest BCUT2D eigenvalue weighted by atomic mass is 10.1. The number of hydrogen-bond acceptors (Lipinski definition) is 3. The van der Waals surface area contributed by atoms with Crippen LogP contribution in [0.1, 0.15) is 34.6 Å². The van der Waals surface area contributed by atoms with Crippen LogP contribution in [0.2, 0.25) is 0 Å². The Bertz CT molecular complexity index is 522. The Morgan fingerprint density at radius 1 is 1.50 bits per heavy atom. The number of rotatable bonds is 5. The summed E-state index contributed by atoms with van der Waals surface area (Å²) in [6.07, 6.45) is 1.72. The number of aromatic amines is 1. The van der Waals surface area contributed by atoms with Crippen molar-refractivity contribution < 1.29 is 4.79 Å². The number of H-pyrrole nitrogens is 1. The van der Waals surface area contributed by atoms with Crippen LogP contribution in [0.25, 0.3) is 0 Å². The van der Waals surface area contributed by atoms with Gasteiger partial charge in [-0.05, 0) is 30.7 Å². The second kappa shape index (κ2) is 5.46. The monoisotopic (exact) mass is 244 g/mol. The van der Waals surface area contributed by atoms with E-state index in [9.17, 15) is 4.79 Å². The number of hydrogen-bond donors (Lipinski definition) is 3. The summed E-state index contributed by atoms with van der Waals surface area (Å²) in [5, 5.41) is 10.2. The molecule has 0 aliphatic rings. The maximum atomic E-state index is 11.1. The van der Waals surface area contributed by atoms with E-state index in [4.69, 9.17) is 5.73 Å². The molecule has 0 saturated carbocycles. The number of benzene rings is 1. The van der Waals surface area contributed by atoms with Gasteiger partial charge < -0.3 is 11.1 Å². The van der Waals surface area contributed by atoms with Gasteiger partial charge in [0.1, 0.15) is 0 Å². The zero-order valence-electron chi connectivity index (χ0n) is 10.2. The molecular weight excluding hydrogens is 228 g/mol. The van der Waals surface area contributed by atoms with Crippen LogP contribution in [0.5, 0.6) is 0 Å². The maximum absolute atomic E-state index is 11.1. The highest BCUT2D eigenvalue weighted by Gasteiger charge is 2.06. The van der Waals surface area contributed by atoms with Crippen LogP contribution in [-0.2, 0) is 6.54 Å². The summed E-state index contributed by atoms with van der Waals surface area (Å²) in [7, 11) is 0. The number of amides is 1. The lowest BCUT2D eigenvalue weighted by Crippen LogP contribution is -2.19. The molecule has 0 fully saturated rings. The van der Waals surface area contributed by atoms with Gasteiger partial charge in [0.15, 0.2) is 0 Å². The van der Waals surface area contributed by atoms with Gasteiger partial charge in [-0.3, -0.25) is 9.89 Å². The van der Waals surface area contributed by atoms with E-state index in [-0.39, 0.29) is 6.04 Å². The highest BCUT2D eigenvalue weighted by Crippen LogP contribution is 2.10. The molecule has 1 unspecified atom stereocenters. The molecule has 0 aliphatic heterocycles. The summed E-state index contributed by atoms with van der Waals surface area (Å²) in [5.74, 6) is -0.404. The Hall–Kier alpha value is -2.14. The van der Waals surface area contributed by atoms with Gasteiger partial charge in [-0.1, -0.05) is 12.1 Å². The molecule has 5 nitrogen and oxygen atoms in total. The van der Waals surface area contributed by atoms with Gasteiger partial charge in [-0.15, -0.1) is 0 Å². The molecule has 0 aliphatic carbocycles. The molecule has 2 rings (SSSR count). The zero-order valence-corrected chi connectivity index (χ0v) is 10.2. The SMILES string of the molecule is CC(NCc1cccc(C(N)=O)c1)c1ccn[nH]1. The number of carbonyl (C=O) groups excluding carboxylic acids is 1. The first-order chi connectivity index (χ1) is 8.66. The van der Waals surface area contributed by atoms with E-state index in [1.165, 1.54) is 0 Å². The van der Waals surface area contributed by atoms with E-state index < -0.39 is 5.91 Å². The van der Waals surface area contributed by atoms with Crippen molar-refractivity contribution in [3.05, 3.63) is 53.3 Å². The van der Waals surface area contributed by atoms with E-state index in [2.05, 4.69) is 15.5 Å². The van der Waals surface area contributed by atoms with Gasteiger partial charge in [-0.2, -0.15) is 5.10 Å².